The molecule has 7 heteroatoms. The van der Waals surface area contributed by atoms with E-state index in [1.54, 1.807) is 0 Å². The zero-order valence-electron chi connectivity index (χ0n) is 12.8. The third kappa shape index (κ3) is 3.76. The maximum Gasteiger partial charge on any atom is 0.226 e. The van der Waals surface area contributed by atoms with Crippen molar-refractivity contribution in [2.45, 2.75) is 32.6 Å². The second kappa shape index (κ2) is 7.07. The van der Waals surface area contributed by atoms with Crippen LogP contribution in [0, 0.1) is 11.8 Å². The molecule has 1 aliphatic carbocycles. The highest BCUT2D eigenvalue weighted by molar-refractivity contribution is 7.89. The minimum Gasteiger partial charge on any atom is -0.340 e. The number of carbonyl (C=O) groups is 1. The van der Waals surface area contributed by atoms with E-state index in [1.165, 1.54) is 4.31 Å². The van der Waals surface area contributed by atoms with E-state index >= 15 is 0 Å². The number of sulfonamides is 1. The Morgan fingerprint density at radius 2 is 1.86 bits per heavy atom. The first-order chi connectivity index (χ1) is 9.99. The predicted octanol–water partition coefficient (Wildman–Crippen LogP) is 0.245. The van der Waals surface area contributed by atoms with E-state index in [9.17, 15) is 13.2 Å². The summed E-state index contributed by atoms with van der Waals surface area (Å²) in [5.41, 5.74) is 5.75. The average Bonchev–Trinajstić information content (AvgIpc) is 2.95. The van der Waals surface area contributed by atoms with Crippen molar-refractivity contribution >= 4 is 15.9 Å². The molecule has 0 radical (unpaired) electrons. The smallest absolute Gasteiger partial charge is 0.226 e. The van der Waals surface area contributed by atoms with Crippen molar-refractivity contribution in [3.63, 3.8) is 0 Å². The second-order valence-electron chi connectivity index (χ2n) is 6.07. The largest absolute Gasteiger partial charge is 0.340 e. The van der Waals surface area contributed by atoms with E-state index in [0.717, 1.165) is 19.3 Å². The molecule has 21 heavy (non-hydrogen) atoms. The van der Waals surface area contributed by atoms with Gasteiger partial charge in [0.15, 0.2) is 0 Å². The summed E-state index contributed by atoms with van der Waals surface area (Å²) in [7, 11) is -3.14. The standard InChI is InChI=1S/C14H27N3O3S/c1-2-10-21(19,20)17-8-6-16(7-9-17)14(18)13-5-3-4-12(13)11-15/h12-13H,2-11,15H2,1H3. The molecule has 1 heterocycles. The fourth-order valence-electron chi connectivity index (χ4n) is 3.45. The topological polar surface area (TPSA) is 83.7 Å². The van der Waals surface area contributed by atoms with Crippen LogP contribution in [-0.4, -0.2) is 62.0 Å². The molecular formula is C14H27N3O3S. The van der Waals surface area contributed by atoms with E-state index < -0.39 is 10.0 Å². The van der Waals surface area contributed by atoms with Gasteiger partial charge in [0.1, 0.15) is 0 Å². The molecule has 0 aromatic heterocycles. The first-order valence-corrected chi connectivity index (χ1v) is 9.57. The van der Waals surface area contributed by atoms with E-state index in [2.05, 4.69) is 0 Å². The lowest BCUT2D eigenvalue weighted by Gasteiger charge is -2.36. The van der Waals surface area contributed by atoms with Crippen molar-refractivity contribution in [3.05, 3.63) is 0 Å². The molecule has 0 aromatic rings. The van der Waals surface area contributed by atoms with Gasteiger partial charge in [-0.25, -0.2) is 8.42 Å². The van der Waals surface area contributed by atoms with Crippen LogP contribution in [0.5, 0.6) is 0 Å². The fourth-order valence-corrected chi connectivity index (χ4v) is 4.95. The first kappa shape index (κ1) is 16.7. The summed E-state index contributed by atoms with van der Waals surface area (Å²) in [6, 6.07) is 0. The lowest BCUT2D eigenvalue weighted by atomic mass is 9.94. The Kier molecular flexibility index (Phi) is 5.62. The predicted molar refractivity (Wildman–Crippen MR) is 82.1 cm³/mol. The Hall–Kier alpha value is -0.660. The summed E-state index contributed by atoms with van der Waals surface area (Å²) in [6.07, 6.45) is 3.66. The van der Waals surface area contributed by atoms with Gasteiger partial charge in [0, 0.05) is 32.1 Å². The van der Waals surface area contributed by atoms with Crippen LogP contribution < -0.4 is 5.73 Å². The van der Waals surface area contributed by atoms with Crippen molar-refractivity contribution in [2.75, 3.05) is 38.5 Å². The highest BCUT2D eigenvalue weighted by Crippen LogP contribution is 2.32. The van der Waals surface area contributed by atoms with Crippen LogP contribution in [0.25, 0.3) is 0 Å². The molecule has 1 amide bonds. The molecule has 1 aliphatic heterocycles. The summed E-state index contributed by atoms with van der Waals surface area (Å²) in [5.74, 6) is 0.724. The van der Waals surface area contributed by atoms with Crippen molar-refractivity contribution in [3.8, 4) is 0 Å². The summed E-state index contributed by atoms with van der Waals surface area (Å²) in [6.45, 7) is 4.30. The van der Waals surface area contributed by atoms with Gasteiger partial charge in [0.2, 0.25) is 15.9 Å². The van der Waals surface area contributed by atoms with Crippen molar-refractivity contribution in [1.29, 1.82) is 0 Å². The van der Waals surface area contributed by atoms with Crippen molar-refractivity contribution in [1.82, 2.24) is 9.21 Å². The molecule has 6 nitrogen and oxygen atoms in total. The molecule has 0 aromatic carbocycles. The molecule has 2 N–H and O–H groups in total. The molecule has 2 fully saturated rings. The van der Waals surface area contributed by atoms with Gasteiger partial charge >= 0.3 is 0 Å². The Morgan fingerprint density at radius 1 is 1.19 bits per heavy atom. The molecule has 122 valence electrons. The molecule has 2 atom stereocenters. The Labute approximate surface area is 127 Å². The second-order valence-corrected chi connectivity index (χ2v) is 8.16. The highest BCUT2D eigenvalue weighted by Gasteiger charge is 2.36. The molecule has 2 unspecified atom stereocenters. The van der Waals surface area contributed by atoms with Gasteiger partial charge in [-0.2, -0.15) is 4.31 Å². The normalized spacial score (nSPS) is 28.0. The van der Waals surface area contributed by atoms with Gasteiger partial charge in [0.25, 0.3) is 0 Å². The Balaban J connectivity index is 1.90. The van der Waals surface area contributed by atoms with Gasteiger partial charge in [-0.3, -0.25) is 4.79 Å². The van der Waals surface area contributed by atoms with Gasteiger partial charge in [-0.05, 0) is 31.7 Å². The molecule has 2 rings (SSSR count). The lowest BCUT2D eigenvalue weighted by Crippen LogP contribution is -2.52. The Morgan fingerprint density at radius 3 is 2.43 bits per heavy atom. The number of piperazine rings is 1. The number of hydrogen-bond donors (Lipinski definition) is 1. The minimum atomic E-state index is -3.14. The van der Waals surface area contributed by atoms with E-state index in [-0.39, 0.29) is 17.6 Å². The third-order valence-corrected chi connectivity index (χ3v) is 6.76. The number of rotatable bonds is 5. The molecular weight excluding hydrogens is 290 g/mol. The third-order valence-electron chi connectivity index (χ3n) is 4.68. The van der Waals surface area contributed by atoms with Crippen LogP contribution in [0.4, 0.5) is 0 Å². The zero-order chi connectivity index (χ0) is 15.5. The van der Waals surface area contributed by atoms with E-state index in [4.69, 9.17) is 5.73 Å². The maximum absolute atomic E-state index is 12.6. The summed E-state index contributed by atoms with van der Waals surface area (Å²) in [5, 5.41) is 0. The quantitative estimate of drug-likeness (QED) is 0.787. The van der Waals surface area contributed by atoms with Crippen LogP contribution >= 0.6 is 0 Å². The number of carbonyl (C=O) groups excluding carboxylic acids is 1. The average molecular weight is 317 g/mol. The number of nitrogens with zero attached hydrogens (tertiary/aromatic N) is 2. The Bertz CT molecular complexity index is 458. The number of hydrogen-bond acceptors (Lipinski definition) is 4. The summed E-state index contributed by atoms with van der Waals surface area (Å²) in [4.78, 5) is 14.4. The van der Waals surface area contributed by atoms with E-state index in [0.29, 0.717) is 45.1 Å². The van der Waals surface area contributed by atoms with Crippen LogP contribution in [-0.2, 0) is 14.8 Å². The summed E-state index contributed by atoms with van der Waals surface area (Å²) >= 11 is 0. The molecule has 0 bridgehead atoms. The van der Waals surface area contributed by atoms with Crippen LogP contribution in [0.15, 0.2) is 0 Å². The number of amides is 1. The van der Waals surface area contributed by atoms with Crippen molar-refractivity contribution in [2.24, 2.45) is 17.6 Å². The fraction of sp³-hybridized carbons (Fsp3) is 0.929. The monoisotopic (exact) mass is 317 g/mol. The maximum atomic E-state index is 12.6. The minimum absolute atomic E-state index is 0.0498. The van der Waals surface area contributed by atoms with Gasteiger partial charge < -0.3 is 10.6 Å². The first-order valence-electron chi connectivity index (χ1n) is 7.96. The van der Waals surface area contributed by atoms with Gasteiger partial charge in [-0.15, -0.1) is 0 Å². The van der Waals surface area contributed by atoms with Crippen LogP contribution in [0.2, 0.25) is 0 Å². The molecule has 1 saturated heterocycles. The lowest BCUT2D eigenvalue weighted by molar-refractivity contribution is -0.137. The zero-order valence-corrected chi connectivity index (χ0v) is 13.6. The highest BCUT2D eigenvalue weighted by atomic mass is 32.2. The summed E-state index contributed by atoms with van der Waals surface area (Å²) < 4.78 is 25.6. The van der Waals surface area contributed by atoms with Crippen molar-refractivity contribution < 1.29 is 13.2 Å². The molecule has 0 spiro atoms. The van der Waals surface area contributed by atoms with Gasteiger partial charge in [0.05, 0.1) is 5.75 Å². The van der Waals surface area contributed by atoms with Gasteiger partial charge in [-0.1, -0.05) is 13.3 Å². The van der Waals surface area contributed by atoms with E-state index in [1.807, 2.05) is 11.8 Å². The molecule has 1 saturated carbocycles. The van der Waals surface area contributed by atoms with Crippen LogP contribution in [0.3, 0.4) is 0 Å². The molecule has 2 aliphatic rings. The SMILES string of the molecule is CCCS(=O)(=O)N1CCN(C(=O)C2CCCC2CN)CC1. The van der Waals surface area contributed by atoms with Crippen LogP contribution in [0.1, 0.15) is 32.6 Å². The number of nitrogens with two attached hydrogens (primary N) is 1.